The van der Waals surface area contributed by atoms with E-state index >= 15 is 0 Å². The highest BCUT2D eigenvalue weighted by molar-refractivity contribution is 6.32. The summed E-state index contributed by atoms with van der Waals surface area (Å²) in [5, 5.41) is 2.78. The molecule has 3 rings (SSSR count). The average Bonchev–Trinajstić information content (AvgIpc) is 2.73. The van der Waals surface area contributed by atoms with E-state index < -0.39 is 23.3 Å². The van der Waals surface area contributed by atoms with Crippen molar-refractivity contribution in [1.82, 2.24) is 10.2 Å². The molecule has 0 aliphatic carbocycles. The Hall–Kier alpha value is -2.40. The summed E-state index contributed by atoms with van der Waals surface area (Å²) < 4.78 is 13.3. The molecule has 1 saturated heterocycles. The van der Waals surface area contributed by atoms with Crippen LogP contribution >= 0.6 is 11.6 Å². The van der Waals surface area contributed by atoms with Crippen LogP contribution in [0, 0.1) is 12.7 Å². The molecular formula is C18H16ClFN2O2. The maximum absolute atomic E-state index is 13.3. The second kappa shape index (κ2) is 5.91. The standard InChI is InChI=1S/C18H16ClFN2O2/c1-11-5-3-4-6-12(11)10-22-16(23)18(2,21-17(22)24)14-8-7-13(20)9-15(14)19/h3-9H,10H2,1-2H3,(H,21,24). The Kier molecular flexibility index (Phi) is 4.05. The molecule has 0 aromatic heterocycles. The van der Waals surface area contributed by atoms with Crippen molar-refractivity contribution in [1.29, 1.82) is 0 Å². The van der Waals surface area contributed by atoms with Crippen LogP contribution in [0.25, 0.3) is 0 Å². The van der Waals surface area contributed by atoms with Gasteiger partial charge in [-0.15, -0.1) is 0 Å². The van der Waals surface area contributed by atoms with Crippen molar-refractivity contribution in [2.75, 3.05) is 0 Å². The number of imide groups is 1. The SMILES string of the molecule is Cc1ccccc1CN1C(=O)NC(C)(c2ccc(F)cc2Cl)C1=O. The second-order valence-corrected chi connectivity index (χ2v) is 6.40. The first kappa shape index (κ1) is 16.5. The van der Waals surface area contributed by atoms with Gasteiger partial charge < -0.3 is 5.32 Å². The van der Waals surface area contributed by atoms with Gasteiger partial charge in [0, 0.05) is 10.6 Å². The van der Waals surface area contributed by atoms with Crippen LogP contribution in [0.5, 0.6) is 0 Å². The summed E-state index contributed by atoms with van der Waals surface area (Å²) in [6, 6.07) is 10.8. The summed E-state index contributed by atoms with van der Waals surface area (Å²) in [4.78, 5) is 26.4. The third kappa shape index (κ3) is 2.65. The van der Waals surface area contributed by atoms with Gasteiger partial charge in [0.2, 0.25) is 0 Å². The molecule has 1 heterocycles. The first-order valence-electron chi connectivity index (χ1n) is 7.47. The number of nitrogens with one attached hydrogen (secondary N) is 1. The minimum atomic E-state index is -1.31. The molecule has 1 atom stereocenters. The van der Waals surface area contributed by atoms with Crippen LogP contribution in [0.3, 0.4) is 0 Å². The first-order chi connectivity index (χ1) is 11.3. The Bertz CT molecular complexity index is 840. The topological polar surface area (TPSA) is 49.4 Å². The predicted molar refractivity (Wildman–Crippen MR) is 89.0 cm³/mol. The number of rotatable bonds is 3. The molecule has 3 amide bonds. The Morgan fingerprint density at radius 3 is 2.58 bits per heavy atom. The van der Waals surface area contributed by atoms with E-state index in [0.717, 1.165) is 22.1 Å². The Balaban J connectivity index is 1.95. The molecule has 2 aromatic rings. The van der Waals surface area contributed by atoms with E-state index in [1.807, 2.05) is 31.2 Å². The van der Waals surface area contributed by atoms with Crippen molar-refractivity contribution < 1.29 is 14.0 Å². The average molecular weight is 347 g/mol. The fourth-order valence-corrected chi connectivity index (χ4v) is 3.23. The molecular weight excluding hydrogens is 331 g/mol. The predicted octanol–water partition coefficient (Wildman–Crippen LogP) is 3.75. The highest BCUT2D eigenvalue weighted by atomic mass is 35.5. The molecule has 0 saturated carbocycles. The Labute approximate surface area is 144 Å². The van der Waals surface area contributed by atoms with Crippen molar-refractivity contribution in [2.24, 2.45) is 0 Å². The molecule has 124 valence electrons. The lowest BCUT2D eigenvalue weighted by Crippen LogP contribution is -2.41. The van der Waals surface area contributed by atoms with E-state index in [1.165, 1.54) is 12.1 Å². The van der Waals surface area contributed by atoms with Crippen molar-refractivity contribution >= 4 is 23.5 Å². The summed E-state index contributed by atoms with van der Waals surface area (Å²) >= 11 is 6.08. The zero-order chi connectivity index (χ0) is 17.5. The first-order valence-corrected chi connectivity index (χ1v) is 7.85. The number of hydrogen-bond donors (Lipinski definition) is 1. The van der Waals surface area contributed by atoms with Crippen molar-refractivity contribution in [3.8, 4) is 0 Å². The summed E-state index contributed by atoms with van der Waals surface area (Å²) in [6.07, 6.45) is 0. The maximum Gasteiger partial charge on any atom is 0.325 e. The number of hydrogen-bond acceptors (Lipinski definition) is 2. The molecule has 1 aliphatic heterocycles. The summed E-state index contributed by atoms with van der Waals surface area (Å²) in [5.74, 6) is -0.912. The lowest BCUT2D eigenvalue weighted by atomic mass is 9.92. The van der Waals surface area contributed by atoms with Gasteiger partial charge in [-0.3, -0.25) is 9.69 Å². The quantitative estimate of drug-likeness (QED) is 0.860. The molecule has 1 fully saturated rings. The number of nitrogens with zero attached hydrogens (tertiary/aromatic N) is 1. The van der Waals surface area contributed by atoms with Crippen LogP contribution < -0.4 is 5.32 Å². The number of urea groups is 1. The van der Waals surface area contributed by atoms with Crippen molar-refractivity contribution in [3.63, 3.8) is 0 Å². The van der Waals surface area contributed by atoms with Crippen LogP contribution in [0.1, 0.15) is 23.6 Å². The zero-order valence-corrected chi connectivity index (χ0v) is 14.0. The highest BCUT2D eigenvalue weighted by Crippen LogP contribution is 2.34. The van der Waals surface area contributed by atoms with Gasteiger partial charge in [0.05, 0.1) is 6.54 Å². The highest BCUT2D eigenvalue weighted by Gasteiger charge is 2.49. The fraction of sp³-hybridized carbons (Fsp3) is 0.222. The van der Waals surface area contributed by atoms with Gasteiger partial charge in [0.15, 0.2) is 0 Å². The molecule has 1 unspecified atom stereocenters. The Morgan fingerprint density at radius 1 is 1.21 bits per heavy atom. The van der Waals surface area contributed by atoms with Gasteiger partial charge in [0.1, 0.15) is 11.4 Å². The number of carbonyl (C=O) groups is 2. The van der Waals surface area contributed by atoms with Crippen LogP contribution in [-0.2, 0) is 16.9 Å². The van der Waals surface area contributed by atoms with Gasteiger partial charge in [-0.25, -0.2) is 9.18 Å². The molecule has 0 spiro atoms. The number of amides is 3. The monoisotopic (exact) mass is 346 g/mol. The minimum absolute atomic E-state index is 0.101. The molecule has 6 heteroatoms. The van der Waals surface area contributed by atoms with Gasteiger partial charge >= 0.3 is 6.03 Å². The van der Waals surface area contributed by atoms with Gasteiger partial charge in [-0.2, -0.15) is 0 Å². The minimum Gasteiger partial charge on any atom is -0.319 e. The van der Waals surface area contributed by atoms with E-state index in [1.54, 1.807) is 6.92 Å². The summed E-state index contributed by atoms with van der Waals surface area (Å²) in [6.45, 7) is 3.67. The normalized spacial score (nSPS) is 20.4. The van der Waals surface area contributed by atoms with Crippen molar-refractivity contribution in [2.45, 2.75) is 25.9 Å². The second-order valence-electron chi connectivity index (χ2n) is 6.00. The van der Waals surface area contributed by atoms with E-state index in [4.69, 9.17) is 11.6 Å². The molecule has 1 aliphatic rings. The van der Waals surface area contributed by atoms with Gasteiger partial charge in [0.25, 0.3) is 5.91 Å². The third-order valence-electron chi connectivity index (χ3n) is 4.33. The molecule has 4 nitrogen and oxygen atoms in total. The zero-order valence-electron chi connectivity index (χ0n) is 13.3. The van der Waals surface area contributed by atoms with E-state index in [-0.39, 0.29) is 11.6 Å². The molecule has 2 aromatic carbocycles. The van der Waals surface area contributed by atoms with E-state index in [9.17, 15) is 14.0 Å². The van der Waals surface area contributed by atoms with Gasteiger partial charge in [-0.05, 0) is 37.1 Å². The maximum atomic E-state index is 13.3. The van der Waals surface area contributed by atoms with Gasteiger partial charge in [-0.1, -0.05) is 41.9 Å². The largest absolute Gasteiger partial charge is 0.325 e. The third-order valence-corrected chi connectivity index (χ3v) is 4.65. The molecule has 0 radical (unpaired) electrons. The molecule has 24 heavy (non-hydrogen) atoms. The lowest BCUT2D eigenvalue weighted by Gasteiger charge is -2.23. The summed E-state index contributed by atoms with van der Waals surface area (Å²) in [5.41, 5.74) is 0.933. The van der Waals surface area contributed by atoms with Crippen LogP contribution in [0.2, 0.25) is 5.02 Å². The number of benzene rings is 2. The smallest absolute Gasteiger partial charge is 0.319 e. The summed E-state index contributed by atoms with van der Waals surface area (Å²) in [7, 11) is 0. The van der Waals surface area contributed by atoms with E-state index in [2.05, 4.69) is 5.32 Å². The fourth-order valence-electron chi connectivity index (χ4n) is 2.88. The van der Waals surface area contributed by atoms with E-state index in [0.29, 0.717) is 5.56 Å². The van der Waals surface area contributed by atoms with Crippen molar-refractivity contribution in [3.05, 3.63) is 70.0 Å². The lowest BCUT2D eigenvalue weighted by molar-refractivity contribution is -0.131. The Morgan fingerprint density at radius 2 is 1.92 bits per heavy atom. The number of aryl methyl sites for hydroxylation is 1. The number of halogens is 2. The van der Waals surface area contributed by atoms with Crippen LogP contribution in [0.15, 0.2) is 42.5 Å². The molecule has 0 bridgehead atoms. The van der Waals surface area contributed by atoms with Crippen LogP contribution in [-0.4, -0.2) is 16.8 Å². The number of carbonyl (C=O) groups excluding carboxylic acids is 2. The van der Waals surface area contributed by atoms with Crippen LogP contribution in [0.4, 0.5) is 9.18 Å². The molecule has 1 N–H and O–H groups in total.